The van der Waals surface area contributed by atoms with Crippen molar-refractivity contribution in [2.75, 3.05) is 19.5 Å². The van der Waals surface area contributed by atoms with Crippen LogP contribution in [0.15, 0.2) is 42.5 Å². The maximum Gasteiger partial charge on any atom is 0.246 e. The van der Waals surface area contributed by atoms with Crippen molar-refractivity contribution >= 4 is 23.2 Å². The molecule has 1 aliphatic rings. The van der Waals surface area contributed by atoms with Crippen molar-refractivity contribution in [1.29, 1.82) is 0 Å². The van der Waals surface area contributed by atoms with E-state index in [1.165, 1.54) is 11.1 Å². The smallest absolute Gasteiger partial charge is 0.246 e. The van der Waals surface area contributed by atoms with Gasteiger partial charge in [0.25, 0.3) is 0 Å². The molecule has 1 aliphatic heterocycles. The SMILES string of the molecule is COc1ccc(C(Cl)C(=O)Nc2cccc3c2CN(C)C3)cc1. The summed E-state index contributed by atoms with van der Waals surface area (Å²) in [7, 11) is 3.67. The second kappa shape index (κ2) is 6.60. The number of nitrogens with one attached hydrogen (secondary N) is 1. The number of hydrogen-bond acceptors (Lipinski definition) is 3. The van der Waals surface area contributed by atoms with Crippen molar-refractivity contribution < 1.29 is 9.53 Å². The largest absolute Gasteiger partial charge is 0.497 e. The predicted molar refractivity (Wildman–Crippen MR) is 91.8 cm³/mol. The van der Waals surface area contributed by atoms with Gasteiger partial charge in [-0.05, 0) is 41.9 Å². The number of fused-ring (bicyclic) bond motifs is 1. The number of alkyl halides is 1. The number of nitrogens with zero attached hydrogens (tertiary/aromatic N) is 1. The number of methoxy groups -OCH3 is 1. The van der Waals surface area contributed by atoms with E-state index in [9.17, 15) is 4.79 Å². The van der Waals surface area contributed by atoms with Gasteiger partial charge in [-0.2, -0.15) is 0 Å². The number of rotatable bonds is 4. The fourth-order valence-electron chi connectivity index (χ4n) is 2.82. The number of carbonyl (C=O) groups is 1. The molecule has 4 nitrogen and oxygen atoms in total. The van der Waals surface area contributed by atoms with Crippen molar-refractivity contribution in [1.82, 2.24) is 4.90 Å². The average molecular weight is 331 g/mol. The fourth-order valence-corrected chi connectivity index (χ4v) is 3.02. The summed E-state index contributed by atoms with van der Waals surface area (Å²) in [4.78, 5) is 14.7. The zero-order valence-corrected chi connectivity index (χ0v) is 13.9. The van der Waals surface area contributed by atoms with E-state index in [2.05, 4.69) is 23.3 Å². The van der Waals surface area contributed by atoms with Crippen LogP contribution >= 0.6 is 11.6 Å². The Morgan fingerprint density at radius 1 is 1.22 bits per heavy atom. The van der Waals surface area contributed by atoms with Crippen LogP contribution in [-0.4, -0.2) is 25.0 Å². The van der Waals surface area contributed by atoms with E-state index in [0.29, 0.717) is 0 Å². The number of halogens is 1. The Hall–Kier alpha value is -2.04. The molecule has 1 N–H and O–H groups in total. The molecule has 1 atom stereocenters. The van der Waals surface area contributed by atoms with E-state index in [1.54, 1.807) is 31.4 Å². The van der Waals surface area contributed by atoms with E-state index in [-0.39, 0.29) is 5.91 Å². The van der Waals surface area contributed by atoms with Crippen molar-refractivity contribution in [3.8, 4) is 5.75 Å². The van der Waals surface area contributed by atoms with Crippen LogP contribution in [0.5, 0.6) is 5.75 Å². The van der Waals surface area contributed by atoms with Gasteiger partial charge in [-0.25, -0.2) is 0 Å². The zero-order valence-electron chi connectivity index (χ0n) is 13.2. The second-order valence-corrected chi connectivity index (χ2v) is 6.18. The van der Waals surface area contributed by atoms with Gasteiger partial charge in [0.05, 0.1) is 7.11 Å². The number of carbonyl (C=O) groups excluding carboxylic acids is 1. The molecule has 0 bridgehead atoms. The molecule has 0 fully saturated rings. The maximum atomic E-state index is 12.5. The maximum absolute atomic E-state index is 12.5. The van der Waals surface area contributed by atoms with Gasteiger partial charge in [-0.3, -0.25) is 9.69 Å². The number of hydrogen-bond donors (Lipinski definition) is 1. The summed E-state index contributed by atoms with van der Waals surface area (Å²) in [6.45, 7) is 1.74. The quantitative estimate of drug-likeness (QED) is 0.871. The summed E-state index contributed by atoms with van der Waals surface area (Å²) in [5, 5.41) is 2.22. The second-order valence-electron chi connectivity index (χ2n) is 5.74. The molecule has 0 radical (unpaired) electrons. The third-order valence-electron chi connectivity index (χ3n) is 4.04. The van der Waals surface area contributed by atoms with Crippen LogP contribution in [0, 0.1) is 0 Å². The number of benzene rings is 2. The van der Waals surface area contributed by atoms with Crippen molar-refractivity contribution in [3.63, 3.8) is 0 Å². The summed E-state index contributed by atoms with van der Waals surface area (Å²) in [5.74, 6) is 0.515. The van der Waals surface area contributed by atoms with Crippen LogP contribution in [-0.2, 0) is 17.9 Å². The topological polar surface area (TPSA) is 41.6 Å². The Bertz CT molecular complexity index is 715. The first-order valence-corrected chi connectivity index (χ1v) is 7.90. The number of ether oxygens (including phenoxy) is 1. The molecule has 0 aliphatic carbocycles. The fraction of sp³-hybridized carbons (Fsp3) is 0.278. The lowest BCUT2D eigenvalue weighted by Gasteiger charge is -2.14. The highest BCUT2D eigenvalue weighted by Gasteiger charge is 2.22. The van der Waals surface area contributed by atoms with E-state index in [4.69, 9.17) is 16.3 Å². The highest BCUT2D eigenvalue weighted by Crippen LogP contribution is 2.30. The van der Waals surface area contributed by atoms with Gasteiger partial charge in [0.15, 0.2) is 0 Å². The molecule has 0 aromatic heterocycles. The molecular formula is C18H19ClN2O2. The lowest BCUT2D eigenvalue weighted by Crippen LogP contribution is -2.18. The minimum atomic E-state index is -0.740. The van der Waals surface area contributed by atoms with Gasteiger partial charge in [0.1, 0.15) is 11.1 Å². The lowest BCUT2D eigenvalue weighted by molar-refractivity contribution is -0.116. The third-order valence-corrected chi connectivity index (χ3v) is 4.49. The summed E-state index contributed by atoms with van der Waals surface area (Å²) >= 11 is 6.32. The Labute approximate surface area is 141 Å². The van der Waals surface area contributed by atoms with Gasteiger partial charge < -0.3 is 10.1 Å². The predicted octanol–water partition coefficient (Wildman–Crippen LogP) is 3.56. The average Bonchev–Trinajstić information content (AvgIpc) is 2.95. The van der Waals surface area contributed by atoms with Crippen molar-refractivity contribution in [2.45, 2.75) is 18.5 Å². The molecule has 0 spiro atoms. The van der Waals surface area contributed by atoms with Crippen LogP contribution < -0.4 is 10.1 Å². The Kier molecular flexibility index (Phi) is 4.55. The van der Waals surface area contributed by atoms with Gasteiger partial charge in [-0.1, -0.05) is 24.3 Å². The monoisotopic (exact) mass is 330 g/mol. The third kappa shape index (κ3) is 3.33. The number of amides is 1. The van der Waals surface area contributed by atoms with Crippen LogP contribution in [0.2, 0.25) is 0 Å². The van der Waals surface area contributed by atoms with Crippen molar-refractivity contribution in [3.05, 3.63) is 59.2 Å². The van der Waals surface area contributed by atoms with Gasteiger partial charge >= 0.3 is 0 Å². The first-order valence-electron chi connectivity index (χ1n) is 7.46. The molecule has 1 amide bonds. The standard InChI is InChI=1S/C18H19ClN2O2/c1-21-10-13-4-3-5-16(15(13)11-21)20-18(22)17(19)12-6-8-14(23-2)9-7-12/h3-9,17H,10-11H2,1-2H3,(H,20,22). The van der Waals surface area contributed by atoms with Crippen LogP contribution in [0.3, 0.4) is 0 Å². The number of anilines is 1. The molecule has 1 unspecified atom stereocenters. The van der Waals surface area contributed by atoms with Crippen LogP contribution in [0.4, 0.5) is 5.69 Å². The molecular weight excluding hydrogens is 312 g/mol. The summed E-state index contributed by atoms with van der Waals surface area (Å²) in [5.41, 5.74) is 4.01. The Morgan fingerprint density at radius 2 is 1.96 bits per heavy atom. The Morgan fingerprint density at radius 3 is 2.65 bits per heavy atom. The molecule has 0 saturated heterocycles. The molecule has 2 aromatic carbocycles. The molecule has 3 rings (SSSR count). The first kappa shape index (κ1) is 15.8. The minimum Gasteiger partial charge on any atom is -0.497 e. The highest BCUT2D eigenvalue weighted by molar-refractivity contribution is 6.32. The summed E-state index contributed by atoms with van der Waals surface area (Å²) in [6, 6.07) is 13.2. The van der Waals surface area contributed by atoms with Gasteiger partial charge in [0, 0.05) is 18.8 Å². The first-order chi connectivity index (χ1) is 11.1. The summed E-state index contributed by atoms with van der Waals surface area (Å²) < 4.78 is 5.12. The highest BCUT2D eigenvalue weighted by atomic mass is 35.5. The zero-order chi connectivity index (χ0) is 16.4. The van der Waals surface area contributed by atoms with Crippen LogP contribution in [0.1, 0.15) is 22.1 Å². The minimum absolute atomic E-state index is 0.222. The molecule has 2 aromatic rings. The Balaban J connectivity index is 1.75. The van der Waals surface area contributed by atoms with E-state index >= 15 is 0 Å². The normalized spacial score (nSPS) is 15.1. The van der Waals surface area contributed by atoms with Crippen LogP contribution in [0.25, 0.3) is 0 Å². The molecule has 23 heavy (non-hydrogen) atoms. The molecule has 0 saturated carbocycles. The summed E-state index contributed by atoms with van der Waals surface area (Å²) in [6.07, 6.45) is 0. The molecule has 120 valence electrons. The van der Waals surface area contributed by atoms with E-state index < -0.39 is 5.38 Å². The molecule has 5 heteroatoms. The van der Waals surface area contributed by atoms with Gasteiger partial charge in [-0.15, -0.1) is 11.6 Å². The van der Waals surface area contributed by atoms with Gasteiger partial charge in [0.2, 0.25) is 5.91 Å². The van der Waals surface area contributed by atoms with E-state index in [0.717, 1.165) is 30.1 Å². The van der Waals surface area contributed by atoms with E-state index in [1.807, 2.05) is 12.1 Å². The van der Waals surface area contributed by atoms with Crippen molar-refractivity contribution in [2.24, 2.45) is 0 Å². The molecule has 1 heterocycles. The lowest BCUT2D eigenvalue weighted by atomic mass is 10.1.